The molecule has 0 aromatic rings. The Balaban J connectivity index is 2.64. The van der Waals surface area contributed by atoms with Gasteiger partial charge < -0.3 is 0 Å². The fourth-order valence-corrected chi connectivity index (χ4v) is 3.55. The number of hydrogen-bond acceptors (Lipinski definition) is 3. The van der Waals surface area contributed by atoms with Gasteiger partial charge in [-0.1, -0.05) is 6.92 Å². The van der Waals surface area contributed by atoms with E-state index in [4.69, 9.17) is 5.26 Å². The van der Waals surface area contributed by atoms with Crippen LogP contribution in [0.25, 0.3) is 0 Å². The molecule has 1 heterocycles. The average molecular weight is 187 g/mol. The first-order valence-electron chi connectivity index (χ1n) is 4.19. The van der Waals surface area contributed by atoms with Crippen LogP contribution in [0.5, 0.6) is 0 Å². The van der Waals surface area contributed by atoms with E-state index in [9.17, 15) is 8.42 Å². The topological polar surface area (TPSA) is 57.9 Å². The van der Waals surface area contributed by atoms with Gasteiger partial charge in [-0.05, 0) is 18.8 Å². The molecule has 1 aliphatic rings. The molecule has 68 valence electrons. The smallest absolute Gasteiger partial charge is 0.150 e. The highest BCUT2D eigenvalue weighted by molar-refractivity contribution is 7.91. The molecule has 2 atom stereocenters. The standard InChI is InChI=1S/C8H13NO2S/c1-2-7(5-9)8-3-4-12(10,11)6-8/h7-8H,2-4,6H2,1H3. The Morgan fingerprint density at radius 2 is 2.33 bits per heavy atom. The van der Waals surface area contributed by atoms with Crippen molar-refractivity contribution in [1.29, 1.82) is 5.26 Å². The summed E-state index contributed by atoms with van der Waals surface area (Å²) in [7, 11) is -2.81. The van der Waals surface area contributed by atoms with E-state index in [0.29, 0.717) is 6.42 Å². The molecular weight excluding hydrogens is 174 g/mol. The predicted octanol–water partition coefficient (Wildman–Crippen LogP) is 0.971. The van der Waals surface area contributed by atoms with Crippen molar-refractivity contribution in [1.82, 2.24) is 0 Å². The first-order valence-corrected chi connectivity index (χ1v) is 6.01. The van der Waals surface area contributed by atoms with Crippen LogP contribution in [0.3, 0.4) is 0 Å². The highest BCUT2D eigenvalue weighted by atomic mass is 32.2. The Morgan fingerprint density at radius 3 is 2.67 bits per heavy atom. The summed E-state index contributed by atoms with van der Waals surface area (Å²) in [4.78, 5) is 0. The molecule has 0 aliphatic carbocycles. The van der Waals surface area contributed by atoms with Crippen molar-refractivity contribution in [2.24, 2.45) is 11.8 Å². The van der Waals surface area contributed by atoms with Crippen LogP contribution >= 0.6 is 0 Å². The first kappa shape index (κ1) is 9.53. The minimum absolute atomic E-state index is 0.0673. The molecule has 12 heavy (non-hydrogen) atoms. The quantitative estimate of drug-likeness (QED) is 0.647. The lowest BCUT2D eigenvalue weighted by Crippen LogP contribution is -2.13. The third-order valence-electron chi connectivity index (χ3n) is 2.44. The van der Waals surface area contributed by atoms with E-state index in [0.717, 1.165) is 6.42 Å². The van der Waals surface area contributed by atoms with Crippen LogP contribution in [0.15, 0.2) is 0 Å². The van der Waals surface area contributed by atoms with Crippen molar-refractivity contribution < 1.29 is 8.42 Å². The summed E-state index contributed by atoms with van der Waals surface area (Å²) in [6.45, 7) is 1.93. The first-order chi connectivity index (χ1) is 5.59. The van der Waals surface area contributed by atoms with E-state index in [1.807, 2.05) is 6.92 Å². The zero-order chi connectivity index (χ0) is 9.19. The third kappa shape index (κ3) is 1.98. The summed E-state index contributed by atoms with van der Waals surface area (Å²) in [5, 5.41) is 8.71. The minimum Gasteiger partial charge on any atom is -0.229 e. The number of rotatable bonds is 2. The van der Waals surface area contributed by atoms with Crippen LogP contribution in [-0.2, 0) is 9.84 Å². The predicted molar refractivity (Wildman–Crippen MR) is 46.2 cm³/mol. The molecule has 2 unspecified atom stereocenters. The zero-order valence-electron chi connectivity index (χ0n) is 7.16. The Bertz CT molecular complexity index is 289. The molecule has 0 aromatic heterocycles. The SMILES string of the molecule is CCC(C#N)C1CCS(=O)(=O)C1. The molecule has 0 aromatic carbocycles. The van der Waals surface area contributed by atoms with Crippen molar-refractivity contribution in [2.45, 2.75) is 19.8 Å². The summed E-state index contributed by atoms with van der Waals surface area (Å²) in [5.74, 6) is 0.516. The molecule has 0 radical (unpaired) electrons. The molecule has 0 saturated carbocycles. The van der Waals surface area contributed by atoms with Gasteiger partial charge in [-0.15, -0.1) is 0 Å². The van der Waals surface area contributed by atoms with Crippen LogP contribution in [0.2, 0.25) is 0 Å². The molecule has 1 fully saturated rings. The van der Waals surface area contributed by atoms with Gasteiger partial charge in [0.15, 0.2) is 9.84 Å². The summed E-state index contributed by atoms with van der Waals surface area (Å²) in [5.41, 5.74) is 0. The fourth-order valence-electron chi connectivity index (χ4n) is 1.67. The monoisotopic (exact) mass is 187 g/mol. The second-order valence-electron chi connectivity index (χ2n) is 3.31. The fraction of sp³-hybridized carbons (Fsp3) is 0.875. The summed E-state index contributed by atoms with van der Waals surface area (Å²) in [6.07, 6.45) is 1.44. The maximum absolute atomic E-state index is 11.1. The number of sulfone groups is 1. The lowest BCUT2D eigenvalue weighted by molar-refractivity contribution is 0.435. The van der Waals surface area contributed by atoms with Crippen molar-refractivity contribution in [3.05, 3.63) is 0 Å². The largest absolute Gasteiger partial charge is 0.229 e. The van der Waals surface area contributed by atoms with E-state index < -0.39 is 9.84 Å². The molecule has 3 nitrogen and oxygen atoms in total. The van der Waals surface area contributed by atoms with Gasteiger partial charge in [0, 0.05) is 5.92 Å². The molecule has 0 N–H and O–H groups in total. The van der Waals surface area contributed by atoms with Gasteiger partial charge in [-0.3, -0.25) is 0 Å². The van der Waals surface area contributed by atoms with E-state index in [2.05, 4.69) is 6.07 Å². The van der Waals surface area contributed by atoms with Crippen LogP contribution in [0.4, 0.5) is 0 Å². The molecule has 0 bridgehead atoms. The summed E-state index contributed by atoms with van der Waals surface area (Å²) in [6, 6.07) is 2.17. The maximum Gasteiger partial charge on any atom is 0.150 e. The molecule has 1 rings (SSSR count). The third-order valence-corrected chi connectivity index (χ3v) is 4.24. The van der Waals surface area contributed by atoms with Gasteiger partial charge >= 0.3 is 0 Å². The van der Waals surface area contributed by atoms with Gasteiger partial charge in [0.1, 0.15) is 0 Å². The maximum atomic E-state index is 11.1. The van der Waals surface area contributed by atoms with Crippen LogP contribution in [-0.4, -0.2) is 19.9 Å². The van der Waals surface area contributed by atoms with E-state index in [1.165, 1.54) is 0 Å². The molecule has 0 amide bonds. The number of hydrogen-bond donors (Lipinski definition) is 0. The van der Waals surface area contributed by atoms with Crippen LogP contribution in [0.1, 0.15) is 19.8 Å². The Kier molecular flexibility index (Phi) is 2.73. The van der Waals surface area contributed by atoms with Gasteiger partial charge in [0.25, 0.3) is 0 Å². The van der Waals surface area contributed by atoms with E-state index >= 15 is 0 Å². The summed E-state index contributed by atoms with van der Waals surface area (Å²) < 4.78 is 22.1. The number of nitrogens with zero attached hydrogens (tertiary/aromatic N) is 1. The van der Waals surface area contributed by atoms with Crippen LogP contribution < -0.4 is 0 Å². The molecule has 1 saturated heterocycles. The van der Waals surface area contributed by atoms with Crippen molar-refractivity contribution in [2.75, 3.05) is 11.5 Å². The molecular formula is C8H13NO2S. The number of nitriles is 1. The van der Waals surface area contributed by atoms with Gasteiger partial charge in [0.05, 0.1) is 17.6 Å². The minimum atomic E-state index is -2.81. The summed E-state index contributed by atoms with van der Waals surface area (Å²) >= 11 is 0. The lowest BCUT2D eigenvalue weighted by Gasteiger charge is -2.11. The van der Waals surface area contributed by atoms with Gasteiger partial charge in [0.2, 0.25) is 0 Å². The molecule has 1 aliphatic heterocycles. The van der Waals surface area contributed by atoms with Crippen LogP contribution in [0, 0.1) is 23.2 Å². The Labute approximate surface area is 73.3 Å². The molecule has 0 spiro atoms. The lowest BCUT2D eigenvalue weighted by atomic mass is 9.91. The second-order valence-corrected chi connectivity index (χ2v) is 5.54. The Hall–Kier alpha value is -0.560. The van der Waals surface area contributed by atoms with Gasteiger partial charge in [-0.2, -0.15) is 5.26 Å². The van der Waals surface area contributed by atoms with Crippen molar-refractivity contribution in [3.63, 3.8) is 0 Å². The average Bonchev–Trinajstić information content (AvgIpc) is 2.34. The van der Waals surface area contributed by atoms with Crippen molar-refractivity contribution >= 4 is 9.84 Å². The highest BCUT2D eigenvalue weighted by Crippen LogP contribution is 2.27. The van der Waals surface area contributed by atoms with E-state index in [-0.39, 0.29) is 23.3 Å². The normalized spacial score (nSPS) is 29.5. The second kappa shape index (κ2) is 3.44. The zero-order valence-corrected chi connectivity index (χ0v) is 7.97. The van der Waals surface area contributed by atoms with E-state index in [1.54, 1.807) is 0 Å². The Morgan fingerprint density at radius 1 is 1.67 bits per heavy atom. The van der Waals surface area contributed by atoms with Crippen molar-refractivity contribution in [3.8, 4) is 6.07 Å². The molecule has 4 heteroatoms. The highest BCUT2D eigenvalue weighted by Gasteiger charge is 2.32. The van der Waals surface area contributed by atoms with Gasteiger partial charge in [-0.25, -0.2) is 8.42 Å².